The van der Waals surface area contributed by atoms with Gasteiger partial charge in [-0.2, -0.15) is 0 Å². The van der Waals surface area contributed by atoms with Crippen LogP contribution in [0.1, 0.15) is 37.1 Å². The molecule has 3 rings (SSSR count). The van der Waals surface area contributed by atoms with Gasteiger partial charge in [-0.1, -0.05) is 66.7 Å². The van der Waals surface area contributed by atoms with Crippen molar-refractivity contribution in [1.82, 2.24) is 4.98 Å². The SMILES string of the molecule is C[C@H](Nc1cccc(N[C@@H](C)c2ccccc2)n1)c1ccccc1. The van der Waals surface area contributed by atoms with Gasteiger partial charge in [0.1, 0.15) is 11.6 Å². The van der Waals surface area contributed by atoms with Crippen molar-refractivity contribution in [2.75, 3.05) is 10.6 Å². The van der Waals surface area contributed by atoms with Crippen molar-refractivity contribution in [3.8, 4) is 0 Å². The fraction of sp³-hybridized carbons (Fsp3) is 0.190. The summed E-state index contributed by atoms with van der Waals surface area (Å²) in [7, 11) is 0. The third kappa shape index (κ3) is 4.13. The van der Waals surface area contributed by atoms with Crippen LogP contribution in [-0.2, 0) is 0 Å². The van der Waals surface area contributed by atoms with Gasteiger partial charge >= 0.3 is 0 Å². The fourth-order valence-electron chi connectivity index (χ4n) is 2.69. The van der Waals surface area contributed by atoms with Gasteiger partial charge in [0, 0.05) is 12.1 Å². The Bertz CT molecular complexity index is 694. The summed E-state index contributed by atoms with van der Waals surface area (Å²) in [5.74, 6) is 1.74. The van der Waals surface area contributed by atoms with Crippen LogP contribution in [0.15, 0.2) is 78.9 Å². The van der Waals surface area contributed by atoms with Crippen LogP contribution in [0.2, 0.25) is 0 Å². The summed E-state index contributed by atoms with van der Waals surface area (Å²) >= 11 is 0. The van der Waals surface area contributed by atoms with Crippen molar-refractivity contribution in [2.45, 2.75) is 25.9 Å². The highest BCUT2D eigenvalue weighted by atomic mass is 15.1. The highest BCUT2D eigenvalue weighted by molar-refractivity contribution is 5.47. The monoisotopic (exact) mass is 317 g/mol. The summed E-state index contributed by atoms with van der Waals surface area (Å²) < 4.78 is 0. The van der Waals surface area contributed by atoms with Crippen molar-refractivity contribution < 1.29 is 0 Å². The van der Waals surface area contributed by atoms with Gasteiger partial charge in [0.15, 0.2) is 0 Å². The molecule has 0 bridgehead atoms. The van der Waals surface area contributed by atoms with Crippen LogP contribution < -0.4 is 10.6 Å². The number of anilines is 2. The van der Waals surface area contributed by atoms with Gasteiger partial charge in [0.2, 0.25) is 0 Å². The molecule has 3 heteroatoms. The van der Waals surface area contributed by atoms with Crippen LogP contribution in [0.25, 0.3) is 0 Å². The lowest BCUT2D eigenvalue weighted by Gasteiger charge is -2.18. The molecule has 2 aromatic carbocycles. The second-order valence-corrected chi connectivity index (χ2v) is 5.96. The normalized spacial score (nSPS) is 13.1. The molecule has 3 nitrogen and oxygen atoms in total. The summed E-state index contributed by atoms with van der Waals surface area (Å²) in [4.78, 5) is 4.68. The molecule has 0 aliphatic carbocycles. The van der Waals surface area contributed by atoms with Gasteiger partial charge in [-0.25, -0.2) is 4.98 Å². The summed E-state index contributed by atoms with van der Waals surface area (Å²) in [5, 5.41) is 6.92. The number of nitrogens with one attached hydrogen (secondary N) is 2. The topological polar surface area (TPSA) is 37.0 Å². The van der Waals surface area contributed by atoms with E-state index in [2.05, 4.69) is 78.0 Å². The van der Waals surface area contributed by atoms with Crippen molar-refractivity contribution in [3.05, 3.63) is 90.0 Å². The molecule has 0 fully saturated rings. The maximum atomic E-state index is 4.68. The van der Waals surface area contributed by atoms with Gasteiger partial charge in [0.05, 0.1) is 0 Å². The summed E-state index contributed by atoms with van der Waals surface area (Å²) in [6, 6.07) is 27.2. The molecule has 0 saturated carbocycles. The minimum absolute atomic E-state index is 0.209. The zero-order valence-corrected chi connectivity index (χ0v) is 14.1. The zero-order valence-electron chi connectivity index (χ0n) is 14.1. The van der Waals surface area contributed by atoms with Crippen LogP contribution in [0, 0.1) is 0 Å². The number of hydrogen-bond donors (Lipinski definition) is 2. The molecule has 0 amide bonds. The molecule has 122 valence electrons. The molecule has 0 aliphatic rings. The predicted molar refractivity (Wildman–Crippen MR) is 101 cm³/mol. The van der Waals surface area contributed by atoms with Crippen molar-refractivity contribution >= 4 is 11.6 Å². The number of hydrogen-bond acceptors (Lipinski definition) is 3. The summed E-state index contributed by atoms with van der Waals surface area (Å²) in [6.07, 6.45) is 0. The van der Waals surface area contributed by atoms with Gasteiger partial charge in [-0.3, -0.25) is 0 Å². The summed E-state index contributed by atoms with van der Waals surface area (Å²) in [6.45, 7) is 4.29. The number of rotatable bonds is 6. The first-order chi connectivity index (χ1) is 11.7. The molecule has 0 saturated heterocycles. The zero-order chi connectivity index (χ0) is 16.8. The first kappa shape index (κ1) is 16.1. The van der Waals surface area contributed by atoms with Gasteiger partial charge in [-0.15, -0.1) is 0 Å². The lowest BCUT2D eigenvalue weighted by Crippen LogP contribution is -2.11. The third-order valence-corrected chi connectivity index (χ3v) is 4.08. The molecule has 3 aromatic rings. The van der Waals surface area contributed by atoms with E-state index >= 15 is 0 Å². The molecule has 2 N–H and O–H groups in total. The highest BCUT2D eigenvalue weighted by Crippen LogP contribution is 2.21. The molecule has 1 aromatic heterocycles. The summed E-state index contributed by atoms with van der Waals surface area (Å²) in [5.41, 5.74) is 2.49. The van der Waals surface area contributed by atoms with E-state index in [0.717, 1.165) is 11.6 Å². The number of nitrogens with zero attached hydrogens (tertiary/aromatic N) is 1. The lowest BCUT2D eigenvalue weighted by atomic mass is 10.1. The van der Waals surface area contributed by atoms with Gasteiger partial charge in [0.25, 0.3) is 0 Å². The average Bonchev–Trinajstić information content (AvgIpc) is 2.63. The highest BCUT2D eigenvalue weighted by Gasteiger charge is 2.08. The van der Waals surface area contributed by atoms with Crippen molar-refractivity contribution in [1.29, 1.82) is 0 Å². The molecule has 0 spiro atoms. The maximum absolute atomic E-state index is 4.68. The average molecular weight is 317 g/mol. The molecule has 2 atom stereocenters. The fourth-order valence-corrected chi connectivity index (χ4v) is 2.69. The standard InChI is InChI=1S/C21H23N3/c1-16(18-10-5-3-6-11-18)22-20-14-9-15-21(24-20)23-17(2)19-12-7-4-8-13-19/h3-17H,1-2H3,(H2,22,23,24)/t16-,17-/m0/s1. The Morgan fingerprint density at radius 3 is 1.42 bits per heavy atom. The minimum atomic E-state index is 0.209. The number of benzene rings is 2. The van der Waals surface area contributed by atoms with Crippen LogP contribution in [0.4, 0.5) is 11.6 Å². The van der Waals surface area contributed by atoms with E-state index < -0.39 is 0 Å². The molecule has 1 heterocycles. The maximum Gasteiger partial charge on any atom is 0.128 e. The second-order valence-electron chi connectivity index (χ2n) is 5.96. The van der Waals surface area contributed by atoms with E-state index in [-0.39, 0.29) is 12.1 Å². The Balaban J connectivity index is 1.68. The molecular formula is C21H23N3. The largest absolute Gasteiger partial charge is 0.363 e. The first-order valence-corrected chi connectivity index (χ1v) is 8.32. The first-order valence-electron chi connectivity index (χ1n) is 8.32. The van der Waals surface area contributed by atoms with Gasteiger partial charge in [-0.05, 0) is 37.1 Å². The second kappa shape index (κ2) is 7.64. The van der Waals surface area contributed by atoms with E-state index in [4.69, 9.17) is 0 Å². The van der Waals surface area contributed by atoms with E-state index in [1.54, 1.807) is 0 Å². The Labute approximate surface area is 143 Å². The molecule has 0 unspecified atom stereocenters. The molecule has 0 aliphatic heterocycles. The van der Waals surface area contributed by atoms with Crippen molar-refractivity contribution in [3.63, 3.8) is 0 Å². The predicted octanol–water partition coefficient (Wildman–Crippen LogP) is 5.43. The Hall–Kier alpha value is -2.81. The van der Waals surface area contributed by atoms with E-state index in [9.17, 15) is 0 Å². The number of aromatic nitrogens is 1. The van der Waals surface area contributed by atoms with E-state index in [1.807, 2.05) is 30.3 Å². The molecular weight excluding hydrogens is 294 g/mol. The molecule has 0 radical (unpaired) electrons. The van der Waals surface area contributed by atoms with E-state index in [1.165, 1.54) is 11.1 Å². The lowest BCUT2D eigenvalue weighted by molar-refractivity contribution is 0.860. The third-order valence-electron chi connectivity index (χ3n) is 4.08. The van der Waals surface area contributed by atoms with Crippen molar-refractivity contribution in [2.24, 2.45) is 0 Å². The quantitative estimate of drug-likeness (QED) is 0.636. The Morgan fingerprint density at radius 2 is 1.00 bits per heavy atom. The Morgan fingerprint density at radius 1 is 0.583 bits per heavy atom. The van der Waals surface area contributed by atoms with Crippen LogP contribution >= 0.6 is 0 Å². The van der Waals surface area contributed by atoms with Crippen LogP contribution in [-0.4, -0.2) is 4.98 Å². The molecule has 24 heavy (non-hydrogen) atoms. The smallest absolute Gasteiger partial charge is 0.128 e. The van der Waals surface area contributed by atoms with Gasteiger partial charge < -0.3 is 10.6 Å². The van der Waals surface area contributed by atoms with Crippen LogP contribution in [0.5, 0.6) is 0 Å². The Kier molecular flexibility index (Phi) is 5.12. The number of pyridine rings is 1. The van der Waals surface area contributed by atoms with Crippen LogP contribution in [0.3, 0.4) is 0 Å². The minimum Gasteiger partial charge on any atom is -0.363 e. The van der Waals surface area contributed by atoms with E-state index in [0.29, 0.717) is 0 Å².